The van der Waals surface area contributed by atoms with Crippen LogP contribution >= 0.6 is 11.3 Å². The molecule has 0 radical (unpaired) electrons. The van der Waals surface area contributed by atoms with E-state index in [9.17, 15) is 0 Å². The van der Waals surface area contributed by atoms with Crippen LogP contribution in [0.25, 0.3) is 0 Å². The van der Waals surface area contributed by atoms with E-state index >= 15 is 0 Å². The van der Waals surface area contributed by atoms with Crippen LogP contribution in [0.5, 0.6) is 0 Å². The van der Waals surface area contributed by atoms with Gasteiger partial charge in [0.25, 0.3) is 0 Å². The van der Waals surface area contributed by atoms with Gasteiger partial charge in [-0.2, -0.15) is 0 Å². The summed E-state index contributed by atoms with van der Waals surface area (Å²) in [6.45, 7) is 4.47. The molecule has 0 amide bonds. The van der Waals surface area contributed by atoms with Crippen LogP contribution in [0.4, 0.5) is 0 Å². The van der Waals surface area contributed by atoms with Crippen LogP contribution in [0.15, 0.2) is 12.1 Å². The van der Waals surface area contributed by atoms with Crippen molar-refractivity contribution in [3.8, 4) is 0 Å². The van der Waals surface area contributed by atoms with Crippen LogP contribution in [0.3, 0.4) is 0 Å². The van der Waals surface area contributed by atoms with E-state index < -0.39 is 0 Å². The summed E-state index contributed by atoms with van der Waals surface area (Å²) in [5.41, 5.74) is 0. The molecule has 0 saturated heterocycles. The Hall–Kier alpha value is -0.340. The maximum atomic E-state index is 3.76. The molecule has 0 aromatic carbocycles. The standard InChI is InChI=1S/C13H21NS/c1-10-8-9-13(15-10)11(2)14-12-6-4-3-5-7-12/h8-9,11-12,14H,3-7H2,1-2H3/t11-/m1/s1. The van der Waals surface area contributed by atoms with Gasteiger partial charge in [-0.1, -0.05) is 19.3 Å². The minimum atomic E-state index is 0.534. The monoisotopic (exact) mass is 223 g/mol. The third kappa shape index (κ3) is 3.05. The topological polar surface area (TPSA) is 12.0 Å². The predicted octanol–water partition coefficient (Wildman–Crippen LogP) is 4.04. The first kappa shape index (κ1) is 11.2. The molecule has 84 valence electrons. The van der Waals surface area contributed by atoms with Crippen molar-refractivity contribution in [3.63, 3.8) is 0 Å². The molecular formula is C13H21NS. The second-order valence-corrected chi connectivity index (χ2v) is 5.99. The summed E-state index contributed by atoms with van der Waals surface area (Å²) in [7, 11) is 0. The smallest absolute Gasteiger partial charge is 0.0388 e. The number of nitrogens with one attached hydrogen (secondary N) is 1. The molecule has 1 atom stereocenters. The van der Waals surface area contributed by atoms with Gasteiger partial charge < -0.3 is 5.32 Å². The summed E-state index contributed by atoms with van der Waals surface area (Å²) >= 11 is 1.92. The van der Waals surface area contributed by atoms with Crippen molar-refractivity contribution in [2.24, 2.45) is 0 Å². The third-order valence-corrected chi connectivity index (χ3v) is 4.46. The Balaban J connectivity index is 1.88. The second-order valence-electron chi connectivity index (χ2n) is 4.67. The summed E-state index contributed by atoms with van der Waals surface area (Å²) < 4.78 is 0. The molecule has 1 aromatic rings. The molecule has 1 nitrogen and oxygen atoms in total. The lowest BCUT2D eigenvalue weighted by atomic mass is 9.95. The van der Waals surface area contributed by atoms with Crippen LogP contribution in [0, 0.1) is 6.92 Å². The van der Waals surface area contributed by atoms with Gasteiger partial charge in [-0.05, 0) is 38.8 Å². The fraction of sp³-hybridized carbons (Fsp3) is 0.692. The van der Waals surface area contributed by atoms with Crippen molar-refractivity contribution in [3.05, 3.63) is 21.9 Å². The summed E-state index contributed by atoms with van der Waals surface area (Å²) in [6, 6.07) is 5.78. The lowest BCUT2D eigenvalue weighted by Gasteiger charge is -2.26. The SMILES string of the molecule is Cc1ccc([C@@H](C)NC2CCCCC2)s1. The van der Waals surface area contributed by atoms with Gasteiger partial charge in [-0.25, -0.2) is 0 Å². The molecule has 0 aliphatic heterocycles. The van der Waals surface area contributed by atoms with Crippen LogP contribution in [-0.2, 0) is 0 Å². The fourth-order valence-corrected chi connectivity index (χ4v) is 3.28. The largest absolute Gasteiger partial charge is 0.307 e. The molecule has 0 unspecified atom stereocenters. The average Bonchev–Trinajstić information content (AvgIpc) is 2.66. The van der Waals surface area contributed by atoms with Crippen molar-refractivity contribution in [1.82, 2.24) is 5.32 Å². The minimum absolute atomic E-state index is 0.534. The Morgan fingerprint density at radius 1 is 1.27 bits per heavy atom. The Morgan fingerprint density at radius 3 is 2.60 bits per heavy atom. The van der Waals surface area contributed by atoms with E-state index in [2.05, 4.69) is 31.3 Å². The molecule has 1 aromatic heterocycles. The highest BCUT2D eigenvalue weighted by molar-refractivity contribution is 7.12. The minimum Gasteiger partial charge on any atom is -0.307 e. The Labute approximate surface area is 96.9 Å². The lowest BCUT2D eigenvalue weighted by Crippen LogP contribution is -2.32. The highest BCUT2D eigenvalue weighted by atomic mass is 32.1. The van der Waals surface area contributed by atoms with Crippen LogP contribution in [0.1, 0.15) is 54.8 Å². The van der Waals surface area contributed by atoms with Crippen molar-refractivity contribution >= 4 is 11.3 Å². The van der Waals surface area contributed by atoms with E-state index in [-0.39, 0.29) is 0 Å². The van der Waals surface area contributed by atoms with Gasteiger partial charge in [-0.3, -0.25) is 0 Å². The molecule has 15 heavy (non-hydrogen) atoms. The molecule has 1 N–H and O–H groups in total. The van der Waals surface area contributed by atoms with E-state index in [4.69, 9.17) is 0 Å². The van der Waals surface area contributed by atoms with Crippen LogP contribution in [-0.4, -0.2) is 6.04 Å². The highest BCUT2D eigenvalue weighted by Crippen LogP contribution is 2.25. The molecule has 1 heterocycles. The van der Waals surface area contributed by atoms with Gasteiger partial charge in [0.1, 0.15) is 0 Å². The first-order valence-electron chi connectivity index (χ1n) is 6.08. The number of aryl methyl sites for hydroxylation is 1. The summed E-state index contributed by atoms with van der Waals surface area (Å²) in [5.74, 6) is 0. The first-order chi connectivity index (χ1) is 7.25. The molecule has 1 aliphatic carbocycles. The molecular weight excluding hydrogens is 202 g/mol. The lowest BCUT2D eigenvalue weighted by molar-refractivity contribution is 0.348. The number of rotatable bonds is 3. The summed E-state index contributed by atoms with van der Waals surface area (Å²) in [4.78, 5) is 2.90. The van der Waals surface area contributed by atoms with E-state index in [1.54, 1.807) is 0 Å². The Morgan fingerprint density at radius 2 is 2.00 bits per heavy atom. The van der Waals surface area contributed by atoms with Crippen molar-refractivity contribution < 1.29 is 0 Å². The average molecular weight is 223 g/mol. The first-order valence-corrected chi connectivity index (χ1v) is 6.90. The van der Waals surface area contributed by atoms with Gasteiger partial charge in [0.15, 0.2) is 0 Å². The quantitative estimate of drug-likeness (QED) is 0.815. The molecule has 0 spiro atoms. The second kappa shape index (κ2) is 5.13. The van der Waals surface area contributed by atoms with E-state index in [1.165, 1.54) is 41.9 Å². The van der Waals surface area contributed by atoms with Gasteiger partial charge in [-0.15, -0.1) is 11.3 Å². The van der Waals surface area contributed by atoms with E-state index in [1.807, 2.05) is 11.3 Å². The predicted molar refractivity (Wildman–Crippen MR) is 67.5 cm³/mol. The maximum absolute atomic E-state index is 3.76. The molecule has 2 rings (SSSR count). The summed E-state index contributed by atoms with van der Waals surface area (Å²) in [6.07, 6.45) is 7.00. The molecule has 1 saturated carbocycles. The zero-order chi connectivity index (χ0) is 10.7. The molecule has 2 heteroatoms. The third-order valence-electron chi connectivity index (χ3n) is 3.28. The van der Waals surface area contributed by atoms with Crippen LogP contribution in [0.2, 0.25) is 0 Å². The van der Waals surface area contributed by atoms with Crippen LogP contribution < -0.4 is 5.32 Å². The normalized spacial score (nSPS) is 20.4. The van der Waals surface area contributed by atoms with Gasteiger partial charge in [0, 0.05) is 21.8 Å². The highest BCUT2D eigenvalue weighted by Gasteiger charge is 2.16. The van der Waals surface area contributed by atoms with Gasteiger partial charge in [0.2, 0.25) is 0 Å². The number of thiophene rings is 1. The zero-order valence-corrected chi connectivity index (χ0v) is 10.6. The van der Waals surface area contributed by atoms with Crippen molar-refractivity contribution in [1.29, 1.82) is 0 Å². The Bertz CT molecular complexity index is 299. The molecule has 1 fully saturated rings. The van der Waals surface area contributed by atoms with Gasteiger partial charge >= 0.3 is 0 Å². The maximum Gasteiger partial charge on any atom is 0.0388 e. The zero-order valence-electron chi connectivity index (χ0n) is 9.75. The van der Waals surface area contributed by atoms with E-state index in [0.29, 0.717) is 6.04 Å². The molecule has 0 bridgehead atoms. The van der Waals surface area contributed by atoms with Gasteiger partial charge in [0.05, 0.1) is 0 Å². The Kier molecular flexibility index (Phi) is 3.81. The molecule has 1 aliphatic rings. The number of hydrogen-bond donors (Lipinski definition) is 1. The van der Waals surface area contributed by atoms with Crippen molar-refractivity contribution in [2.45, 2.75) is 58.0 Å². The fourth-order valence-electron chi connectivity index (χ4n) is 2.39. The summed E-state index contributed by atoms with van der Waals surface area (Å²) in [5, 5.41) is 3.76. The number of hydrogen-bond acceptors (Lipinski definition) is 2. The van der Waals surface area contributed by atoms with Crippen molar-refractivity contribution in [2.75, 3.05) is 0 Å². The van der Waals surface area contributed by atoms with E-state index in [0.717, 1.165) is 6.04 Å².